The summed E-state index contributed by atoms with van der Waals surface area (Å²) in [6.45, 7) is 5.88. The summed E-state index contributed by atoms with van der Waals surface area (Å²) in [4.78, 5) is 17.0. The van der Waals surface area contributed by atoms with Crippen molar-refractivity contribution in [1.29, 1.82) is 0 Å². The molecule has 2 aromatic carbocycles. The van der Waals surface area contributed by atoms with Crippen LogP contribution in [-0.4, -0.2) is 50.6 Å². The van der Waals surface area contributed by atoms with Crippen LogP contribution >= 0.6 is 0 Å². The average molecular weight is 393 g/mol. The predicted molar refractivity (Wildman–Crippen MR) is 114 cm³/mol. The third-order valence-electron chi connectivity index (χ3n) is 5.43. The molecular formula is C23H27N3O3. The number of benzene rings is 2. The van der Waals surface area contributed by atoms with E-state index in [0.29, 0.717) is 6.54 Å². The Morgan fingerprint density at radius 2 is 1.83 bits per heavy atom. The molecule has 0 aliphatic carbocycles. The van der Waals surface area contributed by atoms with Crippen molar-refractivity contribution < 1.29 is 13.9 Å². The summed E-state index contributed by atoms with van der Waals surface area (Å²) in [5.41, 5.74) is 2.03. The normalized spacial score (nSPS) is 16.0. The molecule has 1 aliphatic heterocycles. The maximum atomic E-state index is 12.5. The number of para-hydroxylation sites is 1. The van der Waals surface area contributed by atoms with Crippen LogP contribution in [0.4, 0.5) is 5.69 Å². The van der Waals surface area contributed by atoms with Gasteiger partial charge in [-0.25, -0.2) is 0 Å². The standard InChI is InChI=1S/C23H27N3O3/c1-17(22-15-18-5-3-4-6-21(18)29-22)24-23(27)16-25-11-13-26(14-12-25)19-7-9-20(28-2)10-8-19/h3-10,15,17H,11-14,16H2,1-2H3,(H,24,27)/t17-/m1/s1. The highest BCUT2D eigenvalue weighted by atomic mass is 16.5. The Morgan fingerprint density at radius 3 is 2.52 bits per heavy atom. The number of amides is 1. The van der Waals surface area contributed by atoms with E-state index in [0.717, 1.165) is 48.7 Å². The molecule has 6 nitrogen and oxygen atoms in total. The molecule has 152 valence electrons. The van der Waals surface area contributed by atoms with Crippen LogP contribution in [0.15, 0.2) is 59.0 Å². The van der Waals surface area contributed by atoms with Crippen molar-refractivity contribution in [3.8, 4) is 5.75 Å². The molecule has 1 amide bonds. The minimum Gasteiger partial charge on any atom is -0.497 e. The van der Waals surface area contributed by atoms with Gasteiger partial charge in [0.1, 0.15) is 17.1 Å². The van der Waals surface area contributed by atoms with Crippen molar-refractivity contribution in [2.75, 3.05) is 44.7 Å². The van der Waals surface area contributed by atoms with Crippen molar-refractivity contribution >= 4 is 22.6 Å². The number of methoxy groups -OCH3 is 1. The lowest BCUT2D eigenvalue weighted by atomic mass is 10.2. The number of anilines is 1. The lowest BCUT2D eigenvalue weighted by Crippen LogP contribution is -2.49. The summed E-state index contributed by atoms with van der Waals surface area (Å²) in [5, 5.41) is 4.11. The third kappa shape index (κ3) is 4.54. The molecule has 1 saturated heterocycles. The number of carbonyl (C=O) groups is 1. The van der Waals surface area contributed by atoms with Gasteiger partial charge in [0.15, 0.2) is 0 Å². The van der Waals surface area contributed by atoms with E-state index in [2.05, 4.69) is 27.2 Å². The Bertz CT molecular complexity index is 926. The fourth-order valence-electron chi connectivity index (χ4n) is 3.73. The molecule has 0 bridgehead atoms. The molecule has 0 radical (unpaired) electrons. The van der Waals surface area contributed by atoms with Crippen molar-refractivity contribution in [2.24, 2.45) is 0 Å². The van der Waals surface area contributed by atoms with Gasteiger partial charge in [-0.3, -0.25) is 9.69 Å². The molecule has 1 atom stereocenters. The lowest BCUT2D eigenvalue weighted by molar-refractivity contribution is -0.123. The first kappa shape index (κ1) is 19.3. The highest BCUT2D eigenvalue weighted by molar-refractivity contribution is 5.80. The first-order valence-electron chi connectivity index (χ1n) is 10.0. The van der Waals surface area contributed by atoms with Gasteiger partial charge in [0.25, 0.3) is 0 Å². The van der Waals surface area contributed by atoms with E-state index in [1.807, 2.05) is 49.4 Å². The molecule has 1 N–H and O–H groups in total. The fraction of sp³-hybridized carbons (Fsp3) is 0.348. The van der Waals surface area contributed by atoms with E-state index in [-0.39, 0.29) is 11.9 Å². The predicted octanol–water partition coefficient (Wildman–Crippen LogP) is 3.44. The Balaban J connectivity index is 1.27. The number of furan rings is 1. The van der Waals surface area contributed by atoms with Gasteiger partial charge in [-0.1, -0.05) is 18.2 Å². The number of hydrogen-bond donors (Lipinski definition) is 1. The number of ether oxygens (including phenoxy) is 1. The van der Waals surface area contributed by atoms with Gasteiger partial charge in [-0.05, 0) is 43.3 Å². The van der Waals surface area contributed by atoms with E-state index in [4.69, 9.17) is 9.15 Å². The van der Waals surface area contributed by atoms with Crippen LogP contribution in [-0.2, 0) is 4.79 Å². The van der Waals surface area contributed by atoms with Crippen LogP contribution in [0.3, 0.4) is 0 Å². The number of nitrogens with one attached hydrogen (secondary N) is 1. The molecule has 0 unspecified atom stereocenters. The molecule has 0 saturated carbocycles. The zero-order valence-electron chi connectivity index (χ0n) is 16.9. The van der Waals surface area contributed by atoms with E-state index in [9.17, 15) is 4.79 Å². The summed E-state index contributed by atoms with van der Waals surface area (Å²) in [6, 6.07) is 17.8. The molecule has 6 heteroatoms. The zero-order valence-corrected chi connectivity index (χ0v) is 16.9. The number of rotatable bonds is 6. The van der Waals surface area contributed by atoms with Crippen LogP contribution < -0.4 is 15.0 Å². The van der Waals surface area contributed by atoms with E-state index in [1.165, 1.54) is 5.69 Å². The smallest absolute Gasteiger partial charge is 0.234 e. The van der Waals surface area contributed by atoms with E-state index < -0.39 is 0 Å². The molecular weight excluding hydrogens is 366 g/mol. The molecule has 29 heavy (non-hydrogen) atoms. The van der Waals surface area contributed by atoms with Gasteiger partial charge in [0, 0.05) is 37.3 Å². The number of fused-ring (bicyclic) bond motifs is 1. The summed E-state index contributed by atoms with van der Waals surface area (Å²) in [5.74, 6) is 1.67. The van der Waals surface area contributed by atoms with E-state index in [1.54, 1.807) is 7.11 Å². The van der Waals surface area contributed by atoms with Crippen molar-refractivity contribution in [2.45, 2.75) is 13.0 Å². The second kappa shape index (κ2) is 8.57. The summed E-state index contributed by atoms with van der Waals surface area (Å²) in [7, 11) is 1.67. The maximum Gasteiger partial charge on any atom is 0.234 e. The van der Waals surface area contributed by atoms with Gasteiger partial charge in [0.05, 0.1) is 19.7 Å². The van der Waals surface area contributed by atoms with Crippen LogP contribution in [0, 0.1) is 0 Å². The first-order chi connectivity index (χ1) is 14.1. The molecule has 4 rings (SSSR count). The number of nitrogens with zero attached hydrogens (tertiary/aromatic N) is 2. The van der Waals surface area contributed by atoms with Gasteiger partial charge < -0.3 is 19.4 Å². The zero-order chi connectivity index (χ0) is 20.2. The largest absolute Gasteiger partial charge is 0.497 e. The fourth-order valence-corrected chi connectivity index (χ4v) is 3.73. The molecule has 3 aromatic rings. The monoisotopic (exact) mass is 393 g/mol. The third-order valence-corrected chi connectivity index (χ3v) is 5.43. The van der Waals surface area contributed by atoms with Gasteiger partial charge >= 0.3 is 0 Å². The summed E-state index contributed by atoms with van der Waals surface area (Å²) < 4.78 is 11.1. The lowest BCUT2D eigenvalue weighted by Gasteiger charge is -2.35. The Kier molecular flexibility index (Phi) is 5.71. The molecule has 2 heterocycles. The quantitative estimate of drug-likeness (QED) is 0.695. The van der Waals surface area contributed by atoms with Crippen molar-refractivity contribution in [3.05, 3.63) is 60.4 Å². The maximum absolute atomic E-state index is 12.5. The Hall–Kier alpha value is -2.99. The SMILES string of the molecule is COc1ccc(N2CCN(CC(=O)N[C@H](C)c3cc4ccccc4o3)CC2)cc1. The topological polar surface area (TPSA) is 58.0 Å². The minimum atomic E-state index is -0.157. The molecule has 1 fully saturated rings. The number of piperazine rings is 1. The first-order valence-corrected chi connectivity index (χ1v) is 10.0. The summed E-state index contributed by atoms with van der Waals surface area (Å²) >= 11 is 0. The van der Waals surface area contributed by atoms with Gasteiger partial charge in [0.2, 0.25) is 5.91 Å². The minimum absolute atomic E-state index is 0.0239. The summed E-state index contributed by atoms with van der Waals surface area (Å²) in [6.07, 6.45) is 0. The average Bonchev–Trinajstić information content (AvgIpc) is 3.19. The van der Waals surface area contributed by atoms with Crippen LogP contribution in [0.2, 0.25) is 0 Å². The highest BCUT2D eigenvalue weighted by Crippen LogP contribution is 2.24. The van der Waals surface area contributed by atoms with Crippen LogP contribution in [0.5, 0.6) is 5.75 Å². The highest BCUT2D eigenvalue weighted by Gasteiger charge is 2.21. The number of hydrogen-bond acceptors (Lipinski definition) is 5. The molecule has 0 spiro atoms. The number of carbonyl (C=O) groups excluding carboxylic acids is 1. The van der Waals surface area contributed by atoms with Gasteiger partial charge in [-0.15, -0.1) is 0 Å². The molecule has 1 aliphatic rings. The Labute approximate surface area is 171 Å². The van der Waals surface area contributed by atoms with Crippen LogP contribution in [0.1, 0.15) is 18.7 Å². The second-order valence-electron chi connectivity index (χ2n) is 7.44. The van der Waals surface area contributed by atoms with Crippen molar-refractivity contribution in [1.82, 2.24) is 10.2 Å². The Morgan fingerprint density at radius 1 is 1.10 bits per heavy atom. The van der Waals surface area contributed by atoms with Crippen molar-refractivity contribution in [3.63, 3.8) is 0 Å². The van der Waals surface area contributed by atoms with E-state index >= 15 is 0 Å². The molecule has 1 aromatic heterocycles. The van der Waals surface area contributed by atoms with Gasteiger partial charge in [-0.2, -0.15) is 0 Å². The van der Waals surface area contributed by atoms with Crippen LogP contribution in [0.25, 0.3) is 11.0 Å². The second-order valence-corrected chi connectivity index (χ2v) is 7.44.